The Morgan fingerprint density at radius 1 is 0.354 bits per heavy atom. The van der Waals surface area contributed by atoms with Crippen molar-refractivity contribution in [3.8, 4) is 0 Å². The molecule has 2 atom stereocenters. The van der Waals surface area contributed by atoms with E-state index in [1.807, 2.05) is 6.08 Å². The van der Waals surface area contributed by atoms with Crippen LogP contribution >= 0.6 is 0 Å². The summed E-state index contributed by atoms with van der Waals surface area (Å²) in [5.74, 6) is -0.0676. The minimum absolute atomic E-state index is 0.0676. The molecule has 0 rings (SSSR count). The summed E-state index contributed by atoms with van der Waals surface area (Å²) < 4.78 is 0. The minimum Gasteiger partial charge on any atom is -0.394 e. The Morgan fingerprint density at radius 3 is 0.892 bits per heavy atom. The highest BCUT2D eigenvalue weighted by Gasteiger charge is 2.18. The van der Waals surface area contributed by atoms with Crippen LogP contribution in [0.3, 0.4) is 0 Å². The summed E-state index contributed by atoms with van der Waals surface area (Å²) in [5.41, 5.74) is 0. The first-order chi connectivity index (χ1) is 32.2. The van der Waals surface area contributed by atoms with E-state index >= 15 is 0 Å². The molecular formula is C61H117NO3. The Hall–Kier alpha value is -1.39. The summed E-state index contributed by atoms with van der Waals surface area (Å²) >= 11 is 0. The molecule has 0 aromatic heterocycles. The van der Waals surface area contributed by atoms with Crippen LogP contribution < -0.4 is 5.32 Å². The summed E-state index contributed by atoms with van der Waals surface area (Å²) in [4.78, 5) is 12.5. The van der Waals surface area contributed by atoms with Crippen LogP contribution in [-0.4, -0.2) is 34.9 Å². The second-order valence-corrected chi connectivity index (χ2v) is 20.4. The van der Waals surface area contributed by atoms with Crippen molar-refractivity contribution in [2.45, 2.75) is 341 Å². The van der Waals surface area contributed by atoms with Gasteiger partial charge in [0, 0.05) is 6.42 Å². The van der Waals surface area contributed by atoms with Crippen molar-refractivity contribution in [3.05, 3.63) is 36.5 Å². The largest absolute Gasteiger partial charge is 0.394 e. The predicted molar refractivity (Wildman–Crippen MR) is 290 cm³/mol. The van der Waals surface area contributed by atoms with Gasteiger partial charge in [0.2, 0.25) is 5.91 Å². The smallest absolute Gasteiger partial charge is 0.220 e. The standard InChI is InChI=1S/C61H117NO3/c1-3-5-7-9-11-13-15-17-19-21-23-25-26-27-28-29-30-31-32-33-34-35-36-37-39-41-43-45-47-49-51-53-55-57-61(65)62-59(58-63)60(64)56-54-52-50-48-46-44-42-40-38-24-22-20-18-16-14-12-10-8-6-4-2/h21,23,46,48,54,56,59-60,63-64H,3-20,22,24-45,47,49-53,55,57-58H2,1-2H3,(H,62,65)/b23-21-,48-46+,56-54+. The maximum Gasteiger partial charge on any atom is 0.220 e. The van der Waals surface area contributed by atoms with E-state index in [9.17, 15) is 15.0 Å². The Bertz CT molecular complexity index is 989. The zero-order valence-electron chi connectivity index (χ0n) is 44.3. The lowest BCUT2D eigenvalue weighted by Crippen LogP contribution is -2.45. The predicted octanol–water partition coefficient (Wildman–Crippen LogP) is 19.6. The molecule has 3 N–H and O–H groups in total. The second kappa shape index (κ2) is 56.9. The van der Waals surface area contributed by atoms with Gasteiger partial charge >= 0.3 is 0 Å². The van der Waals surface area contributed by atoms with Gasteiger partial charge in [0.15, 0.2) is 0 Å². The van der Waals surface area contributed by atoms with Gasteiger partial charge in [-0.05, 0) is 57.8 Å². The van der Waals surface area contributed by atoms with Crippen molar-refractivity contribution in [2.75, 3.05) is 6.61 Å². The van der Waals surface area contributed by atoms with Crippen LogP contribution in [0, 0.1) is 0 Å². The van der Waals surface area contributed by atoms with Crippen LogP contribution in [0.15, 0.2) is 36.5 Å². The molecule has 384 valence electrons. The number of carbonyl (C=O) groups is 1. The number of rotatable bonds is 55. The summed E-state index contributed by atoms with van der Waals surface area (Å²) in [7, 11) is 0. The lowest BCUT2D eigenvalue weighted by molar-refractivity contribution is -0.123. The van der Waals surface area contributed by atoms with Gasteiger partial charge in [0.25, 0.3) is 0 Å². The summed E-state index contributed by atoms with van der Waals surface area (Å²) in [6.07, 6.45) is 77.6. The second-order valence-electron chi connectivity index (χ2n) is 20.4. The van der Waals surface area contributed by atoms with Gasteiger partial charge in [-0.3, -0.25) is 4.79 Å². The lowest BCUT2D eigenvalue weighted by atomic mass is 10.0. The van der Waals surface area contributed by atoms with Gasteiger partial charge in [-0.2, -0.15) is 0 Å². The SMILES string of the molecule is CCCCCCCCCC/C=C\CCCCCCCCCCCCCCCCCCCCCCCC(=O)NC(CO)C(O)/C=C/CC/C=C/CCCCCCCCCCCCCCCC. The summed E-state index contributed by atoms with van der Waals surface area (Å²) in [6, 6.07) is -0.638. The molecule has 0 bridgehead atoms. The van der Waals surface area contributed by atoms with Gasteiger partial charge in [0.05, 0.1) is 18.8 Å². The molecule has 4 heteroatoms. The molecule has 0 aliphatic rings. The lowest BCUT2D eigenvalue weighted by Gasteiger charge is -2.19. The van der Waals surface area contributed by atoms with Gasteiger partial charge < -0.3 is 15.5 Å². The maximum atomic E-state index is 12.5. The molecule has 4 nitrogen and oxygen atoms in total. The monoisotopic (exact) mass is 912 g/mol. The van der Waals surface area contributed by atoms with Crippen LogP contribution in [0.5, 0.6) is 0 Å². The third-order valence-electron chi connectivity index (χ3n) is 13.8. The quantitative estimate of drug-likeness (QED) is 0.0421. The molecule has 0 aromatic rings. The maximum absolute atomic E-state index is 12.5. The topological polar surface area (TPSA) is 69.6 Å². The number of amides is 1. The first kappa shape index (κ1) is 63.6. The van der Waals surface area contributed by atoms with Crippen molar-refractivity contribution in [1.82, 2.24) is 5.32 Å². The fraction of sp³-hybridized carbons (Fsp3) is 0.885. The number of carbonyl (C=O) groups excluding carboxylic acids is 1. The first-order valence-corrected chi connectivity index (χ1v) is 29.7. The van der Waals surface area contributed by atoms with E-state index in [0.717, 1.165) is 32.1 Å². The third kappa shape index (κ3) is 53.4. The summed E-state index contributed by atoms with van der Waals surface area (Å²) in [5, 5.41) is 23.2. The average molecular weight is 913 g/mol. The number of allylic oxidation sites excluding steroid dienone is 5. The number of hydrogen-bond acceptors (Lipinski definition) is 3. The molecule has 65 heavy (non-hydrogen) atoms. The van der Waals surface area contributed by atoms with E-state index in [1.165, 1.54) is 276 Å². The highest BCUT2D eigenvalue weighted by molar-refractivity contribution is 5.76. The van der Waals surface area contributed by atoms with Gasteiger partial charge in [-0.1, -0.05) is 301 Å². The Balaban J connectivity index is 3.45. The van der Waals surface area contributed by atoms with Crippen molar-refractivity contribution in [3.63, 3.8) is 0 Å². The van der Waals surface area contributed by atoms with E-state index < -0.39 is 12.1 Å². The van der Waals surface area contributed by atoms with Crippen LogP contribution in [0.4, 0.5) is 0 Å². The Kier molecular flexibility index (Phi) is 55.7. The zero-order valence-corrected chi connectivity index (χ0v) is 44.3. The van der Waals surface area contributed by atoms with Gasteiger partial charge in [-0.15, -0.1) is 0 Å². The third-order valence-corrected chi connectivity index (χ3v) is 13.8. The Morgan fingerprint density at radius 2 is 0.600 bits per heavy atom. The number of aliphatic hydroxyl groups excluding tert-OH is 2. The molecular weight excluding hydrogens is 795 g/mol. The number of nitrogens with one attached hydrogen (secondary N) is 1. The Labute approximate surface area is 408 Å². The molecule has 0 spiro atoms. The normalized spacial score (nSPS) is 13.0. The van der Waals surface area contributed by atoms with E-state index in [4.69, 9.17) is 0 Å². The number of hydrogen-bond donors (Lipinski definition) is 3. The van der Waals surface area contributed by atoms with E-state index in [2.05, 4.69) is 43.5 Å². The molecule has 1 amide bonds. The molecule has 0 saturated carbocycles. The van der Waals surface area contributed by atoms with Crippen molar-refractivity contribution in [2.24, 2.45) is 0 Å². The molecule has 0 radical (unpaired) electrons. The molecule has 2 unspecified atom stereocenters. The van der Waals surface area contributed by atoms with Crippen LogP contribution in [0.25, 0.3) is 0 Å². The molecule has 0 heterocycles. The van der Waals surface area contributed by atoms with Gasteiger partial charge in [0.1, 0.15) is 0 Å². The van der Waals surface area contributed by atoms with Gasteiger partial charge in [-0.25, -0.2) is 0 Å². The van der Waals surface area contributed by atoms with Crippen molar-refractivity contribution < 1.29 is 15.0 Å². The summed E-state index contributed by atoms with van der Waals surface area (Å²) in [6.45, 7) is 4.33. The van der Waals surface area contributed by atoms with Crippen molar-refractivity contribution in [1.29, 1.82) is 0 Å². The average Bonchev–Trinajstić information content (AvgIpc) is 3.31. The zero-order chi connectivity index (χ0) is 47.0. The number of aliphatic hydroxyl groups is 2. The van der Waals surface area contributed by atoms with E-state index in [-0.39, 0.29) is 12.5 Å². The molecule has 0 fully saturated rings. The van der Waals surface area contributed by atoms with Crippen LogP contribution in [0.2, 0.25) is 0 Å². The molecule has 0 saturated heterocycles. The molecule has 0 aromatic carbocycles. The minimum atomic E-state index is -0.861. The van der Waals surface area contributed by atoms with E-state index in [1.54, 1.807) is 6.08 Å². The molecule has 0 aliphatic carbocycles. The van der Waals surface area contributed by atoms with Crippen LogP contribution in [0.1, 0.15) is 328 Å². The fourth-order valence-corrected chi connectivity index (χ4v) is 9.31. The first-order valence-electron chi connectivity index (χ1n) is 29.7. The van der Waals surface area contributed by atoms with E-state index in [0.29, 0.717) is 6.42 Å². The number of unbranched alkanes of at least 4 members (excludes halogenated alkanes) is 44. The molecule has 0 aliphatic heterocycles. The highest BCUT2D eigenvalue weighted by Crippen LogP contribution is 2.17. The van der Waals surface area contributed by atoms with Crippen molar-refractivity contribution >= 4 is 5.91 Å². The van der Waals surface area contributed by atoms with Crippen LogP contribution in [-0.2, 0) is 4.79 Å². The fourth-order valence-electron chi connectivity index (χ4n) is 9.31. The highest BCUT2D eigenvalue weighted by atomic mass is 16.3.